The van der Waals surface area contributed by atoms with E-state index in [9.17, 15) is 8.78 Å². The first-order valence-corrected chi connectivity index (χ1v) is 6.51. The van der Waals surface area contributed by atoms with E-state index in [1.807, 2.05) is 6.07 Å². The van der Waals surface area contributed by atoms with Crippen LogP contribution in [0, 0.1) is 0 Å². The number of hydrogen-bond acceptors (Lipinski definition) is 2. The Morgan fingerprint density at radius 1 is 1.33 bits per heavy atom. The Morgan fingerprint density at radius 3 is 2.50 bits per heavy atom. The second kappa shape index (κ2) is 5.76. The second-order valence-corrected chi connectivity index (χ2v) is 4.78. The molecule has 18 heavy (non-hydrogen) atoms. The lowest BCUT2D eigenvalue weighted by molar-refractivity contribution is 0.150. The van der Waals surface area contributed by atoms with Crippen molar-refractivity contribution in [2.45, 2.75) is 38.3 Å². The molecule has 1 aliphatic carbocycles. The topological polar surface area (TPSA) is 29.3 Å². The maximum absolute atomic E-state index is 12.7. The van der Waals surface area contributed by atoms with Gasteiger partial charge >= 0.3 is 0 Å². The highest BCUT2D eigenvalue weighted by Gasteiger charge is 2.33. The zero-order valence-electron chi connectivity index (χ0n) is 10.7. The van der Waals surface area contributed by atoms with Gasteiger partial charge in [-0.1, -0.05) is 25.1 Å². The monoisotopic (exact) mass is 254 g/mol. The van der Waals surface area contributed by atoms with E-state index in [-0.39, 0.29) is 11.6 Å². The van der Waals surface area contributed by atoms with Gasteiger partial charge in [0, 0.05) is 24.2 Å². The van der Waals surface area contributed by atoms with Gasteiger partial charge in [-0.15, -0.1) is 0 Å². The highest BCUT2D eigenvalue weighted by molar-refractivity contribution is 5.27. The van der Waals surface area contributed by atoms with Gasteiger partial charge in [0.05, 0.1) is 0 Å². The summed E-state index contributed by atoms with van der Waals surface area (Å²) in [6, 6.07) is 7.29. The molecule has 1 unspecified atom stereocenters. The first-order valence-electron chi connectivity index (χ1n) is 6.51. The molecule has 2 N–H and O–H groups in total. The van der Waals surface area contributed by atoms with E-state index in [4.69, 9.17) is 5.73 Å². The van der Waals surface area contributed by atoms with Gasteiger partial charge < -0.3 is 5.73 Å². The highest BCUT2D eigenvalue weighted by Crippen LogP contribution is 2.34. The minimum absolute atomic E-state index is 0.0567. The third kappa shape index (κ3) is 2.87. The molecule has 0 aromatic heterocycles. The first-order chi connectivity index (χ1) is 8.67. The summed E-state index contributed by atoms with van der Waals surface area (Å²) in [7, 11) is 0. The largest absolute Gasteiger partial charge is 0.329 e. The summed E-state index contributed by atoms with van der Waals surface area (Å²) in [5.41, 5.74) is 6.83. The molecule has 1 aliphatic rings. The summed E-state index contributed by atoms with van der Waals surface area (Å²) in [6.07, 6.45) is -0.0306. The summed E-state index contributed by atoms with van der Waals surface area (Å²) in [5.74, 6) is 0. The predicted molar refractivity (Wildman–Crippen MR) is 68.6 cm³/mol. The Labute approximate surface area is 107 Å². The summed E-state index contributed by atoms with van der Waals surface area (Å²) >= 11 is 0. The van der Waals surface area contributed by atoms with Crippen LogP contribution in [0.15, 0.2) is 24.3 Å². The number of hydrogen-bond donors (Lipinski definition) is 1. The Morgan fingerprint density at radius 2 is 2.00 bits per heavy atom. The normalized spacial score (nSPS) is 17.4. The van der Waals surface area contributed by atoms with E-state index >= 15 is 0 Å². The van der Waals surface area contributed by atoms with Crippen LogP contribution in [0.2, 0.25) is 0 Å². The molecule has 1 fully saturated rings. The van der Waals surface area contributed by atoms with Crippen molar-refractivity contribution in [2.24, 2.45) is 5.73 Å². The smallest absolute Gasteiger partial charge is 0.263 e. The number of likely N-dealkylation sites (N-methyl/N-ethyl adjacent to an activating group) is 1. The van der Waals surface area contributed by atoms with Crippen molar-refractivity contribution in [3.8, 4) is 0 Å². The third-order valence-corrected chi connectivity index (χ3v) is 3.55. The molecule has 0 aliphatic heterocycles. The second-order valence-electron chi connectivity index (χ2n) is 4.78. The van der Waals surface area contributed by atoms with Gasteiger partial charge in [0.1, 0.15) is 0 Å². The quantitative estimate of drug-likeness (QED) is 0.845. The van der Waals surface area contributed by atoms with Gasteiger partial charge in [0.15, 0.2) is 0 Å². The Balaban J connectivity index is 2.23. The molecule has 1 saturated carbocycles. The SMILES string of the molecule is CCN(C1CC1)C(CN)c1cccc(C(F)F)c1. The van der Waals surface area contributed by atoms with E-state index in [0.717, 1.165) is 12.1 Å². The van der Waals surface area contributed by atoms with Gasteiger partial charge in [-0.25, -0.2) is 8.78 Å². The summed E-state index contributed by atoms with van der Waals surface area (Å²) in [4.78, 5) is 2.32. The van der Waals surface area contributed by atoms with Crippen molar-refractivity contribution in [1.82, 2.24) is 4.90 Å². The predicted octanol–water partition coefficient (Wildman–Crippen LogP) is 3.11. The molecular weight excluding hydrogens is 234 g/mol. The maximum Gasteiger partial charge on any atom is 0.263 e. The average Bonchev–Trinajstić information content (AvgIpc) is 3.20. The van der Waals surface area contributed by atoms with Crippen LogP contribution in [0.25, 0.3) is 0 Å². The maximum atomic E-state index is 12.7. The molecule has 1 aromatic carbocycles. The van der Waals surface area contributed by atoms with E-state index in [1.54, 1.807) is 12.1 Å². The Hall–Kier alpha value is -1.00. The molecule has 0 heterocycles. The molecule has 0 amide bonds. The molecular formula is C14H20F2N2. The Kier molecular flexibility index (Phi) is 4.30. The standard InChI is InChI=1S/C14H20F2N2/c1-2-18(12-6-7-12)13(9-17)10-4-3-5-11(8-10)14(15)16/h3-5,8,12-14H,2,6-7,9,17H2,1H3. The van der Waals surface area contributed by atoms with Crippen molar-refractivity contribution in [3.05, 3.63) is 35.4 Å². The van der Waals surface area contributed by atoms with Crippen LogP contribution in [-0.2, 0) is 0 Å². The number of rotatable bonds is 6. The molecule has 1 aromatic rings. The van der Waals surface area contributed by atoms with Gasteiger partial charge in [-0.3, -0.25) is 4.90 Å². The van der Waals surface area contributed by atoms with Crippen LogP contribution < -0.4 is 5.73 Å². The molecule has 2 nitrogen and oxygen atoms in total. The van der Waals surface area contributed by atoms with E-state index < -0.39 is 6.43 Å². The molecule has 100 valence electrons. The van der Waals surface area contributed by atoms with Gasteiger partial charge in [0.2, 0.25) is 0 Å². The van der Waals surface area contributed by atoms with Crippen LogP contribution in [-0.4, -0.2) is 24.0 Å². The minimum atomic E-state index is -2.42. The number of nitrogens with two attached hydrogens (primary N) is 1. The van der Waals surface area contributed by atoms with Crippen molar-refractivity contribution < 1.29 is 8.78 Å². The summed E-state index contributed by atoms with van der Waals surface area (Å²) in [6.45, 7) is 3.47. The van der Waals surface area contributed by atoms with Crippen LogP contribution in [0.4, 0.5) is 8.78 Å². The molecule has 0 radical (unpaired) electrons. The highest BCUT2D eigenvalue weighted by atomic mass is 19.3. The lowest BCUT2D eigenvalue weighted by Gasteiger charge is -2.30. The molecule has 1 atom stereocenters. The summed E-state index contributed by atoms with van der Waals surface area (Å²) < 4.78 is 25.4. The minimum Gasteiger partial charge on any atom is -0.329 e. The van der Waals surface area contributed by atoms with Crippen molar-refractivity contribution in [2.75, 3.05) is 13.1 Å². The lowest BCUT2D eigenvalue weighted by atomic mass is 10.0. The molecule has 2 rings (SSSR count). The van der Waals surface area contributed by atoms with Crippen LogP contribution >= 0.6 is 0 Å². The van der Waals surface area contributed by atoms with Gasteiger partial charge in [-0.2, -0.15) is 0 Å². The van der Waals surface area contributed by atoms with E-state index in [0.29, 0.717) is 12.6 Å². The zero-order chi connectivity index (χ0) is 13.1. The molecule has 0 bridgehead atoms. The lowest BCUT2D eigenvalue weighted by Crippen LogP contribution is -2.35. The number of nitrogens with zero attached hydrogens (tertiary/aromatic N) is 1. The molecule has 4 heteroatoms. The van der Waals surface area contributed by atoms with E-state index in [2.05, 4.69) is 11.8 Å². The van der Waals surface area contributed by atoms with Crippen LogP contribution in [0.3, 0.4) is 0 Å². The fourth-order valence-corrected chi connectivity index (χ4v) is 2.50. The average molecular weight is 254 g/mol. The Bertz CT molecular complexity index is 391. The summed E-state index contributed by atoms with van der Waals surface area (Å²) in [5, 5.41) is 0. The van der Waals surface area contributed by atoms with Gasteiger partial charge in [-0.05, 0) is 31.0 Å². The zero-order valence-corrected chi connectivity index (χ0v) is 10.7. The number of halogens is 2. The third-order valence-electron chi connectivity index (χ3n) is 3.55. The molecule has 0 saturated heterocycles. The van der Waals surface area contributed by atoms with Crippen molar-refractivity contribution >= 4 is 0 Å². The van der Waals surface area contributed by atoms with Crippen molar-refractivity contribution in [1.29, 1.82) is 0 Å². The van der Waals surface area contributed by atoms with Crippen molar-refractivity contribution in [3.63, 3.8) is 0 Å². The molecule has 0 spiro atoms. The fraction of sp³-hybridized carbons (Fsp3) is 0.571. The van der Waals surface area contributed by atoms with Crippen LogP contribution in [0.1, 0.15) is 43.4 Å². The van der Waals surface area contributed by atoms with Crippen LogP contribution in [0.5, 0.6) is 0 Å². The number of alkyl halides is 2. The number of benzene rings is 1. The first kappa shape index (κ1) is 13.4. The fourth-order valence-electron chi connectivity index (χ4n) is 2.50. The van der Waals surface area contributed by atoms with E-state index in [1.165, 1.54) is 18.9 Å². The van der Waals surface area contributed by atoms with Gasteiger partial charge in [0.25, 0.3) is 6.43 Å².